The van der Waals surface area contributed by atoms with E-state index in [9.17, 15) is 8.76 Å². The van der Waals surface area contributed by atoms with Gasteiger partial charge in [0.15, 0.2) is 11.5 Å². The Balaban J connectivity index is 1.98. The summed E-state index contributed by atoms with van der Waals surface area (Å²) < 4.78 is 36.1. The minimum atomic E-state index is -2.27. The first-order valence-corrected chi connectivity index (χ1v) is 13.7. The molecule has 34 heavy (non-hydrogen) atoms. The van der Waals surface area contributed by atoms with E-state index in [0.29, 0.717) is 39.4 Å². The maximum Gasteiger partial charge on any atom is 0.162 e. The number of fused-ring (bicyclic) bond motifs is 1. The standard InChI is InChI=1S/C24H36N4O4S2/c1-6-16(3)24(33-22-14-21-20(13-19(22)7-2)31-11-12-32-21)28(10-8-9-27-34(29)30)23-17(4)18(5)25-15-26-23/h13-14,17,27H,6-12,15H2,1-5H3,(H,29,30)/p-1. The topological polar surface area (TPSA) is 98.6 Å². The second-order valence-electron chi connectivity index (χ2n) is 8.31. The van der Waals surface area contributed by atoms with Gasteiger partial charge in [0.25, 0.3) is 0 Å². The molecule has 10 heteroatoms. The molecular weight excluding hydrogens is 472 g/mol. The molecule has 1 aromatic rings. The van der Waals surface area contributed by atoms with Crippen LogP contribution in [0.15, 0.2) is 37.6 Å². The van der Waals surface area contributed by atoms with E-state index in [-0.39, 0.29) is 5.92 Å². The highest BCUT2D eigenvalue weighted by Gasteiger charge is 2.27. The Morgan fingerprint density at radius 1 is 1.26 bits per heavy atom. The lowest BCUT2D eigenvalue weighted by Crippen LogP contribution is -2.40. The average molecular weight is 508 g/mol. The van der Waals surface area contributed by atoms with Crippen molar-refractivity contribution in [2.75, 3.05) is 33.0 Å². The number of amidine groups is 1. The first-order chi connectivity index (χ1) is 16.3. The number of allylic oxidation sites excluding steroid dienone is 1. The van der Waals surface area contributed by atoms with Gasteiger partial charge in [-0.2, -0.15) is 0 Å². The van der Waals surface area contributed by atoms with Crippen LogP contribution >= 0.6 is 11.8 Å². The van der Waals surface area contributed by atoms with Crippen molar-refractivity contribution in [2.24, 2.45) is 15.9 Å². The molecule has 0 amide bonds. The summed E-state index contributed by atoms with van der Waals surface area (Å²) in [5.74, 6) is 2.64. The molecule has 1 N–H and O–H groups in total. The quantitative estimate of drug-likeness (QED) is 0.288. The van der Waals surface area contributed by atoms with Crippen LogP contribution in [0.5, 0.6) is 11.5 Å². The Morgan fingerprint density at radius 3 is 2.62 bits per heavy atom. The lowest BCUT2D eigenvalue weighted by molar-refractivity contribution is 0.171. The summed E-state index contributed by atoms with van der Waals surface area (Å²) in [6.07, 6.45) is 2.42. The van der Waals surface area contributed by atoms with Crippen molar-refractivity contribution >= 4 is 34.6 Å². The van der Waals surface area contributed by atoms with E-state index in [1.54, 1.807) is 11.8 Å². The largest absolute Gasteiger partial charge is 0.760 e. The minimum absolute atomic E-state index is 0.0847. The molecule has 0 saturated carbocycles. The first-order valence-electron chi connectivity index (χ1n) is 11.8. The average Bonchev–Trinajstić information content (AvgIpc) is 2.83. The fourth-order valence-electron chi connectivity index (χ4n) is 3.82. The number of benzene rings is 1. The van der Waals surface area contributed by atoms with Crippen molar-refractivity contribution < 1.29 is 18.2 Å². The van der Waals surface area contributed by atoms with E-state index in [1.807, 2.05) is 6.92 Å². The van der Waals surface area contributed by atoms with Crippen LogP contribution in [0.2, 0.25) is 0 Å². The van der Waals surface area contributed by atoms with E-state index in [1.165, 1.54) is 11.1 Å². The summed E-state index contributed by atoms with van der Waals surface area (Å²) in [5, 5.41) is 1.12. The summed E-state index contributed by atoms with van der Waals surface area (Å²) in [5.41, 5.74) is 3.51. The number of rotatable bonds is 10. The molecule has 0 saturated heterocycles. The van der Waals surface area contributed by atoms with Crippen molar-refractivity contribution in [3.63, 3.8) is 0 Å². The van der Waals surface area contributed by atoms with Crippen LogP contribution < -0.4 is 14.2 Å². The third-order valence-corrected chi connectivity index (χ3v) is 7.88. The van der Waals surface area contributed by atoms with Crippen LogP contribution in [-0.2, 0) is 17.7 Å². The molecule has 188 valence electrons. The predicted molar refractivity (Wildman–Crippen MR) is 138 cm³/mol. The molecule has 2 aliphatic rings. The highest BCUT2D eigenvalue weighted by molar-refractivity contribution is 8.03. The Hall–Kier alpha value is -1.88. The van der Waals surface area contributed by atoms with Gasteiger partial charge >= 0.3 is 0 Å². The Kier molecular flexibility index (Phi) is 9.99. The van der Waals surface area contributed by atoms with Gasteiger partial charge in [-0.3, -0.25) is 9.20 Å². The molecule has 2 atom stereocenters. The Bertz CT molecular complexity index is 993. The van der Waals surface area contributed by atoms with Crippen LogP contribution in [-0.4, -0.2) is 58.2 Å². The van der Waals surface area contributed by atoms with Crippen molar-refractivity contribution in [2.45, 2.75) is 58.8 Å². The summed E-state index contributed by atoms with van der Waals surface area (Å²) in [7, 11) is 0. The van der Waals surface area contributed by atoms with Gasteiger partial charge in [-0.1, -0.05) is 32.5 Å². The van der Waals surface area contributed by atoms with E-state index in [2.05, 4.69) is 54.4 Å². The third kappa shape index (κ3) is 6.62. The second kappa shape index (κ2) is 12.7. The van der Waals surface area contributed by atoms with Gasteiger partial charge < -0.3 is 18.9 Å². The lowest BCUT2D eigenvalue weighted by Gasteiger charge is -2.34. The molecule has 0 aliphatic carbocycles. The Morgan fingerprint density at radius 2 is 1.97 bits per heavy atom. The van der Waals surface area contributed by atoms with E-state index >= 15 is 0 Å². The minimum Gasteiger partial charge on any atom is -0.760 e. The highest BCUT2D eigenvalue weighted by atomic mass is 32.2. The maximum atomic E-state index is 11.0. The molecule has 2 unspecified atom stereocenters. The van der Waals surface area contributed by atoms with E-state index < -0.39 is 11.3 Å². The van der Waals surface area contributed by atoms with E-state index in [0.717, 1.165) is 45.8 Å². The zero-order valence-electron chi connectivity index (χ0n) is 20.7. The first kappa shape index (κ1) is 26.7. The van der Waals surface area contributed by atoms with Gasteiger partial charge in [-0.15, -0.1) is 0 Å². The normalized spacial score (nSPS) is 19.2. The zero-order valence-corrected chi connectivity index (χ0v) is 22.3. The summed E-state index contributed by atoms with van der Waals surface area (Å²) >= 11 is -0.545. The number of nitrogens with zero attached hydrogens (tertiary/aromatic N) is 3. The number of aliphatic imine (C=N–C) groups is 2. The van der Waals surface area contributed by atoms with Crippen LogP contribution in [0.25, 0.3) is 0 Å². The maximum absolute atomic E-state index is 11.0. The summed E-state index contributed by atoms with van der Waals surface area (Å²) in [6, 6.07) is 4.17. The van der Waals surface area contributed by atoms with Gasteiger partial charge in [0.2, 0.25) is 0 Å². The van der Waals surface area contributed by atoms with Crippen LogP contribution in [0.1, 0.15) is 53.0 Å². The molecule has 0 spiro atoms. The van der Waals surface area contributed by atoms with Crippen molar-refractivity contribution in [1.82, 2.24) is 9.62 Å². The van der Waals surface area contributed by atoms with Gasteiger partial charge in [0.05, 0.1) is 10.9 Å². The smallest absolute Gasteiger partial charge is 0.162 e. The highest BCUT2D eigenvalue weighted by Crippen LogP contribution is 2.42. The van der Waals surface area contributed by atoms with Gasteiger partial charge in [-0.05, 0) is 56.4 Å². The van der Waals surface area contributed by atoms with Gasteiger partial charge in [0, 0.05) is 35.0 Å². The predicted octanol–water partition coefficient (Wildman–Crippen LogP) is 4.30. The molecular formula is C24H35N4O4S2-. The molecule has 0 aromatic heterocycles. The molecule has 8 nitrogen and oxygen atoms in total. The summed E-state index contributed by atoms with van der Waals surface area (Å²) in [4.78, 5) is 12.7. The lowest BCUT2D eigenvalue weighted by atomic mass is 10.0. The van der Waals surface area contributed by atoms with Crippen molar-refractivity contribution in [1.29, 1.82) is 0 Å². The Labute approximate surface area is 209 Å². The van der Waals surface area contributed by atoms with Crippen molar-refractivity contribution in [3.8, 4) is 11.5 Å². The number of hydrogen-bond donors (Lipinski definition) is 1. The number of aryl methyl sites for hydroxylation is 1. The van der Waals surface area contributed by atoms with E-state index in [4.69, 9.17) is 14.5 Å². The van der Waals surface area contributed by atoms with Crippen LogP contribution in [0, 0.1) is 5.92 Å². The molecule has 2 heterocycles. The van der Waals surface area contributed by atoms with Gasteiger partial charge in [-0.25, -0.2) is 9.71 Å². The number of thioether (sulfide) groups is 1. The van der Waals surface area contributed by atoms with Crippen LogP contribution in [0.3, 0.4) is 0 Å². The zero-order chi connectivity index (χ0) is 24.7. The molecule has 0 fully saturated rings. The third-order valence-electron chi connectivity index (χ3n) is 6.08. The number of ether oxygens (including phenoxy) is 2. The molecule has 3 rings (SSSR count). The fraction of sp³-hybridized carbons (Fsp3) is 0.583. The molecule has 2 aliphatic heterocycles. The molecule has 1 aromatic carbocycles. The number of nitrogens with one attached hydrogen (secondary N) is 1. The second-order valence-corrected chi connectivity index (χ2v) is 10.1. The monoisotopic (exact) mass is 507 g/mol. The van der Waals surface area contributed by atoms with Crippen LogP contribution in [0.4, 0.5) is 0 Å². The van der Waals surface area contributed by atoms with Gasteiger partial charge in [0.1, 0.15) is 25.7 Å². The molecule has 0 radical (unpaired) electrons. The summed E-state index contributed by atoms with van der Waals surface area (Å²) in [6.45, 7) is 13.2. The molecule has 0 bridgehead atoms. The van der Waals surface area contributed by atoms with Crippen molar-refractivity contribution in [3.05, 3.63) is 28.3 Å². The fourth-order valence-corrected chi connectivity index (χ4v) is 5.46. The SMILES string of the molecule is CCC(C)=C(Sc1cc2c(cc1CC)OCCO2)N(CCCNS(=O)[O-])C1=NCN=C(C)C1C. The number of hydrogen-bond acceptors (Lipinski definition) is 8.